The molecule has 1 aliphatic rings. The second-order valence-electron chi connectivity index (χ2n) is 7.23. The fraction of sp³-hybridized carbons (Fsp3) is 0.500. The average molecular weight is 552 g/mol. The van der Waals surface area contributed by atoms with Crippen LogP contribution < -0.4 is 20.3 Å². The van der Waals surface area contributed by atoms with Gasteiger partial charge in [-0.15, -0.1) is 24.0 Å². The van der Waals surface area contributed by atoms with Crippen molar-refractivity contribution in [3.05, 3.63) is 41.7 Å². The topological polar surface area (TPSA) is 66.7 Å². The van der Waals surface area contributed by atoms with Gasteiger partial charge in [-0.1, -0.05) is 6.07 Å². The van der Waals surface area contributed by atoms with Crippen LogP contribution >= 0.6 is 24.0 Å². The molecule has 0 spiro atoms. The minimum Gasteiger partial charge on any atom is -0.497 e. The van der Waals surface area contributed by atoms with Crippen LogP contribution in [0.5, 0.6) is 5.75 Å². The maximum Gasteiger partial charge on any atom is 0.435 e. The van der Waals surface area contributed by atoms with Gasteiger partial charge in [0.1, 0.15) is 5.75 Å². The third kappa shape index (κ3) is 6.65. The molecule has 0 bridgehead atoms. The number of anilines is 1. The van der Waals surface area contributed by atoms with Gasteiger partial charge in [0.25, 0.3) is 0 Å². The number of methoxy groups -OCH3 is 1. The molecule has 0 saturated carbocycles. The lowest BCUT2D eigenvalue weighted by molar-refractivity contribution is -0.142. The van der Waals surface area contributed by atoms with Gasteiger partial charge in [0.05, 0.1) is 7.11 Å². The summed E-state index contributed by atoms with van der Waals surface area (Å²) in [5.74, 6) is 1.27. The molecule has 0 amide bonds. The van der Waals surface area contributed by atoms with Crippen molar-refractivity contribution in [2.45, 2.75) is 31.6 Å². The van der Waals surface area contributed by atoms with Gasteiger partial charge in [0.2, 0.25) is 0 Å². The summed E-state index contributed by atoms with van der Waals surface area (Å²) >= 11 is 0. The van der Waals surface area contributed by atoms with Crippen LogP contribution in [0.25, 0.3) is 0 Å². The molecule has 172 valence electrons. The minimum atomic E-state index is -4.49. The highest BCUT2D eigenvalue weighted by atomic mass is 127. The minimum absolute atomic E-state index is 0. The Kier molecular flexibility index (Phi) is 8.83. The number of aromatic nitrogens is 2. The first-order chi connectivity index (χ1) is 14.3. The summed E-state index contributed by atoms with van der Waals surface area (Å²) in [6.45, 7) is 1.67. The van der Waals surface area contributed by atoms with Crippen molar-refractivity contribution < 1.29 is 17.9 Å². The molecule has 2 N–H and O–H groups in total. The molecule has 1 unspecified atom stereocenters. The first-order valence-corrected chi connectivity index (χ1v) is 9.76. The first-order valence-electron chi connectivity index (χ1n) is 9.76. The molecule has 2 heterocycles. The van der Waals surface area contributed by atoms with Crippen molar-refractivity contribution in [3.8, 4) is 5.75 Å². The van der Waals surface area contributed by atoms with Crippen molar-refractivity contribution in [2.24, 2.45) is 12.0 Å². The third-order valence-electron chi connectivity index (χ3n) is 5.02. The Morgan fingerprint density at radius 2 is 2.13 bits per heavy atom. The highest BCUT2D eigenvalue weighted by Crippen LogP contribution is 2.30. The number of alkyl halides is 3. The van der Waals surface area contributed by atoms with Crippen LogP contribution in [0, 0.1) is 0 Å². The molecule has 1 aromatic carbocycles. The van der Waals surface area contributed by atoms with E-state index in [4.69, 9.17) is 4.74 Å². The smallest absolute Gasteiger partial charge is 0.435 e. The number of aryl methyl sites for hydroxylation is 1. The van der Waals surface area contributed by atoms with Crippen LogP contribution in [0.3, 0.4) is 0 Å². The standard InChI is InChI=1S/C20H27F3N6O.HI/c1-24-19(25-11-14-12-28(2)27-18(14)20(21,22)23)26-15-6-5-9-29(13-15)16-7-4-8-17(10-16)30-3;/h4,7-8,10,12,15H,5-6,9,11,13H2,1-3H3,(H2,24,25,26);1H. The number of nitrogens with one attached hydrogen (secondary N) is 2. The lowest BCUT2D eigenvalue weighted by Crippen LogP contribution is -2.51. The van der Waals surface area contributed by atoms with Gasteiger partial charge in [-0.05, 0) is 25.0 Å². The average Bonchev–Trinajstić information content (AvgIpc) is 3.12. The molecule has 1 aromatic heterocycles. The number of benzene rings is 1. The molecule has 0 aliphatic carbocycles. The van der Waals surface area contributed by atoms with Gasteiger partial charge in [-0.3, -0.25) is 9.67 Å². The molecule has 2 aromatic rings. The van der Waals surface area contributed by atoms with Crippen molar-refractivity contribution in [3.63, 3.8) is 0 Å². The Morgan fingerprint density at radius 3 is 2.81 bits per heavy atom. The highest BCUT2D eigenvalue weighted by molar-refractivity contribution is 14.0. The van der Waals surface area contributed by atoms with E-state index in [9.17, 15) is 13.2 Å². The monoisotopic (exact) mass is 552 g/mol. The zero-order valence-electron chi connectivity index (χ0n) is 17.7. The molecule has 3 rings (SSSR count). The lowest BCUT2D eigenvalue weighted by atomic mass is 10.0. The summed E-state index contributed by atoms with van der Waals surface area (Å²) in [5, 5.41) is 9.84. The third-order valence-corrected chi connectivity index (χ3v) is 5.02. The van der Waals surface area contributed by atoms with E-state index in [0.29, 0.717) is 5.96 Å². The van der Waals surface area contributed by atoms with Gasteiger partial charge in [-0.2, -0.15) is 18.3 Å². The number of aliphatic imine (C=N–C) groups is 1. The van der Waals surface area contributed by atoms with E-state index in [1.54, 1.807) is 14.2 Å². The van der Waals surface area contributed by atoms with E-state index < -0.39 is 11.9 Å². The van der Waals surface area contributed by atoms with Crippen LogP contribution in [0.4, 0.5) is 18.9 Å². The Balaban J connectivity index is 0.00000341. The fourth-order valence-electron chi connectivity index (χ4n) is 3.61. The van der Waals surface area contributed by atoms with Gasteiger partial charge >= 0.3 is 6.18 Å². The fourth-order valence-corrected chi connectivity index (χ4v) is 3.61. The number of guanidine groups is 1. The van der Waals surface area contributed by atoms with Crippen LogP contribution in [-0.2, 0) is 19.8 Å². The Hall–Kier alpha value is -2.18. The second kappa shape index (κ2) is 10.9. The molecule has 1 fully saturated rings. The zero-order valence-corrected chi connectivity index (χ0v) is 20.1. The van der Waals surface area contributed by atoms with Gasteiger partial charge < -0.3 is 20.3 Å². The molecule has 7 nitrogen and oxygen atoms in total. The maximum absolute atomic E-state index is 13.1. The van der Waals surface area contributed by atoms with E-state index in [-0.39, 0.29) is 42.1 Å². The molecule has 1 saturated heterocycles. The Morgan fingerprint density at radius 1 is 1.35 bits per heavy atom. The number of rotatable bonds is 5. The van der Waals surface area contributed by atoms with Crippen molar-refractivity contribution in [1.29, 1.82) is 0 Å². The number of nitrogens with zero attached hydrogens (tertiary/aromatic N) is 4. The predicted molar refractivity (Wildman–Crippen MR) is 125 cm³/mol. The highest BCUT2D eigenvalue weighted by Gasteiger charge is 2.36. The largest absolute Gasteiger partial charge is 0.497 e. The second-order valence-corrected chi connectivity index (χ2v) is 7.23. The normalized spacial score (nSPS) is 17.2. The molecular formula is C20H28F3IN6O. The van der Waals surface area contributed by atoms with Crippen LogP contribution in [0.1, 0.15) is 24.1 Å². The van der Waals surface area contributed by atoms with Gasteiger partial charge in [-0.25, -0.2) is 0 Å². The van der Waals surface area contributed by atoms with Crippen molar-refractivity contribution >= 4 is 35.6 Å². The van der Waals surface area contributed by atoms with E-state index in [1.165, 1.54) is 17.9 Å². The molecule has 11 heteroatoms. The number of piperidine rings is 1. The SMILES string of the molecule is CN=C(NCc1cn(C)nc1C(F)(F)F)NC1CCCN(c2cccc(OC)c2)C1.I. The summed E-state index contributed by atoms with van der Waals surface area (Å²) in [5.41, 5.74) is 0.276. The number of halogens is 4. The summed E-state index contributed by atoms with van der Waals surface area (Å²) in [4.78, 5) is 6.43. The summed E-state index contributed by atoms with van der Waals surface area (Å²) in [7, 11) is 4.72. The zero-order chi connectivity index (χ0) is 21.7. The van der Waals surface area contributed by atoms with E-state index in [1.807, 2.05) is 24.3 Å². The van der Waals surface area contributed by atoms with Crippen LogP contribution in [0.15, 0.2) is 35.5 Å². The van der Waals surface area contributed by atoms with Crippen LogP contribution in [0.2, 0.25) is 0 Å². The Bertz CT molecular complexity index is 886. The number of ether oxygens (including phenoxy) is 1. The van der Waals surface area contributed by atoms with Gasteiger partial charge in [0, 0.05) is 63.3 Å². The summed E-state index contributed by atoms with van der Waals surface area (Å²) in [6, 6.07) is 8.02. The predicted octanol–water partition coefficient (Wildman–Crippen LogP) is 3.40. The maximum atomic E-state index is 13.1. The van der Waals surface area contributed by atoms with Crippen LogP contribution in [-0.4, -0.2) is 49.0 Å². The van der Waals surface area contributed by atoms with Crippen molar-refractivity contribution in [2.75, 3.05) is 32.1 Å². The Labute approximate surface area is 197 Å². The molecular weight excluding hydrogens is 524 g/mol. The lowest BCUT2D eigenvalue weighted by Gasteiger charge is -2.35. The van der Waals surface area contributed by atoms with E-state index >= 15 is 0 Å². The quantitative estimate of drug-likeness (QED) is 0.339. The number of hydrogen-bond acceptors (Lipinski definition) is 4. The molecule has 1 atom stereocenters. The number of hydrogen-bond donors (Lipinski definition) is 2. The molecule has 31 heavy (non-hydrogen) atoms. The van der Waals surface area contributed by atoms with Gasteiger partial charge in [0.15, 0.2) is 11.7 Å². The van der Waals surface area contributed by atoms with E-state index in [2.05, 4.69) is 25.6 Å². The van der Waals surface area contributed by atoms with E-state index in [0.717, 1.165) is 37.4 Å². The summed E-state index contributed by atoms with van der Waals surface area (Å²) in [6.07, 6.45) is -1.18. The first kappa shape index (κ1) is 25.1. The molecule has 1 aliphatic heterocycles. The summed E-state index contributed by atoms with van der Waals surface area (Å²) < 4.78 is 45.9. The molecule has 0 radical (unpaired) electrons. The van der Waals surface area contributed by atoms with Crippen molar-refractivity contribution in [1.82, 2.24) is 20.4 Å².